The van der Waals surface area contributed by atoms with Crippen LogP contribution in [0.1, 0.15) is 26.7 Å². The number of rotatable bonds is 5. The molecular formula is C9H19NO. The Kier molecular flexibility index (Phi) is 3.34. The van der Waals surface area contributed by atoms with Crippen LogP contribution in [0.3, 0.4) is 0 Å². The molecule has 1 rings (SSSR count). The third-order valence-electron chi connectivity index (χ3n) is 2.55. The van der Waals surface area contributed by atoms with E-state index in [-0.39, 0.29) is 0 Å². The van der Waals surface area contributed by atoms with E-state index in [1.165, 1.54) is 6.42 Å². The van der Waals surface area contributed by atoms with E-state index in [9.17, 15) is 0 Å². The summed E-state index contributed by atoms with van der Waals surface area (Å²) in [5.41, 5.74) is 0. The van der Waals surface area contributed by atoms with Crippen molar-refractivity contribution < 1.29 is 5.11 Å². The first-order valence-electron chi connectivity index (χ1n) is 4.64. The van der Waals surface area contributed by atoms with Gasteiger partial charge in [0.25, 0.3) is 0 Å². The van der Waals surface area contributed by atoms with Gasteiger partial charge in [0.1, 0.15) is 0 Å². The van der Waals surface area contributed by atoms with E-state index >= 15 is 0 Å². The summed E-state index contributed by atoms with van der Waals surface area (Å²) in [5.74, 6) is 0.897. The van der Waals surface area contributed by atoms with Crippen LogP contribution in [-0.2, 0) is 0 Å². The molecule has 2 heteroatoms. The highest BCUT2D eigenvalue weighted by molar-refractivity contribution is 4.91. The van der Waals surface area contributed by atoms with E-state index in [2.05, 4.69) is 18.7 Å². The fraction of sp³-hybridized carbons (Fsp3) is 1.00. The second-order valence-electron chi connectivity index (χ2n) is 3.49. The molecule has 0 aromatic rings. The molecule has 0 amide bonds. The van der Waals surface area contributed by atoms with Gasteiger partial charge in [0.2, 0.25) is 0 Å². The highest BCUT2D eigenvalue weighted by Gasteiger charge is 2.36. The lowest BCUT2D eigenvalue weighted by Crippen LogP contribution is -2.28. The predicted molar refractivity (Wildman–Crippen MR) is 46.5 cm³/mol. The number of aliphatic hydroxyl groups excluding tert-OH is 1. The van der Waals surface area contributed by atoms with E-state index in [1.807, 2.05) is 0 Å². The van der Waals surface area contributed by atoms with Crippen molar-refractivity contribution in [1.82, 2.24) is 4.90 Å². The zero-order valence-electron chi connectivity index (χ0n) is 7.58. The van der Waals surface area contributed by atoms with Crippen LogP contribution in [0.2, 0.25) is 0 Å². The minimum Gasteiger partial charge on any atom is -0.396 e. The van der Waals surface area contributed by atoms with E-state index in [4.69, 9.17) is 5.11 Å². The molecule has 1 fully saturated rings. The van der Waals surface area contributed by atoms with Crippen LogP contribution < -0.4 is 0 Å². The van der Waals surface area contributed by atoms with Gasteiger partial charge in [0.05, 0.1) is 0 Å². The topological polar surface area (TPSA) is 23.5 Å². The number of hydrogen-bond acceptors (Lipinski definition) is 2. The van der Waals surface area contributed by atoms with Crippen LogP contribution in [0.15, 0.2) is 0 Å². The molecule has 0 bridgehead atoms. The summed E-state index contributed by atoms with van der Waals surface area (Å²) in [7, 11) is 0. The monoisotopic (exact) mass is 157 g/mol. The van der Waals surface area contributed by atoms with Gasteiger partial charge in [-0.3, -0.25) is 0 Å². The van der Waals surface area contributed by atoms with Crippen molar-refractivity contribution in [1.29, 1.82) is 0 Å². The van der Waals surface area contributed by atoms with Gasteiger partial charge in [-0.05, 0) is 25.3 Å². The summed E-state index contributed by atoms with van der Waals surface area (Å²) in [6, 6.07) is 0.826. The van der Waals surface area contributed by atoms with Gasteiger partial charge in [-0.15, -0.1) is 0 Å². The van der Waals surface area contributed by atoms with Gasteiger partial charge in [0.15, 0.2) is 0 Å². The number of nitrogens with zero attached hydrogens (tertiary/aromatic N) is 1. The van der Waals surface area contributed by atoms with Gasteiger partial charge in [-0.25, -0.2) is 0 Å². The molecule has 0 aromatic heterocycles. The fourth-order valence-corrected chi connectivity index (χ4v) is 1.64. The predicted octanol–water partition coefficient (Wildman–Crippen LogP) is 1.10. The second kappa shape index (κ2) is 4.07. The molecule has 0 saturated heterocycles. The van der Waals surface area contributed by atoms with Gasteiger partial charge in [-0.2, -0.15) is 0 Å². The standard InChI is InChI=1S/C9H19NO/c1-3-10(5-4-6-11)9-7-8(9)2/h8-9,11H,3-7H2,1-2H3. The molecule has 0 aliphatic heterocycles. The highest BCUT2D eigenvalue weighted by atomic mass is 16.3. The molecule has 0 heterocycles. The maximum Gasteiger partial charge on any atom is 0.0443 e. The summed E-state index contributed by atoms with van der Waals surface area (Å²) < 4.78 is 0. The van der Waals surface area contributed by atoms with Crippen LogP contribution in [0.25, 0.3) is 0 Å². The quantitative estimate of drug-likeness (QED) is 0.646. The first-order chi connectivity index (χ1) is 5.29. The van der Waals surface area contributed by atoms with E-state index < -0.39 is 0 Å². The van der Waals surface area contributed by atoms with Crippen LogP contribution >= 0.6 is 0 Å². The minimum absolute atomic E-state index is 0.331. The van der Waals surface area contributed by atoms with Gasteiger partial charge in [0, 0.05) is 19.2 Å². The molecule has 1 N–H and O–H groups in total. The van der Waals surface area contributed by atoms with Gasteiger partial charge >= 0.3 is 0 Å². The Labute approximate surface area is 69.2 Å². The fourth-order valence-electron chi connectivity index (χ4n) is 1.64. The second-order valence-corrected chi connectivity index (χ2v) is 3.49. The Morgan fingerprint density at radius 1 is 1.55 bits per heavy atom. The smallest absolute Gasteiger partial charge is 0.0443 e. The third-order valence-corrected chi connectivity index (χ3v) is 2.55. The molecule has 66 valence electrons. The Hall–Kier alpha value is -0.0800. The van der Waals surface area contributed by atoms with Crippen LogP contribution in [0, 0.1) is 5.92 Å². The van der Waals surface area contributed by atoms with Crippen molar-refractivity contribution in [3.05, 3.63) is 0 Å². The lowest BCUT2D eigenvalue weighted by molar-refractivity contribution is 0.219. The highest BCUT2D eigenvalue weighted by Crippen LogP contribution is 2.34. The van der Waals surface area contributed by atoms with Crippen LogP contribution in [0.5, 0.6) is 0 Å². The number of hydrogen-bond donors (Lipinski definition) is 1. The molecular weight excluding hydrogens is 138 g/mol. The average Bonchev–Trinajstić information content (AvgIpc) is 2.69. The van der Waals surface area contributed by atoms with Crippen molar-refractivity contribution in [3.63, 3.8) is 0 Å². The van der Waals surface area contributed by atoms with Crippen molar-refractivity contribution in [3.8, 4) is 0 Å². The molecule has 0 spiro atoms. The van der Waals surface area contributed by atoms with E-state index in [0.717, 1.165) is 31.5 Å². The molecule has 0 radical (unpaired) electrons. The molecule has 1 aliphatic rings. The molecule has 2 nitrogen and oxygen atoms in total. The Balaban J connectivity index is 2.15. The SMILES string of the molecule is CCN(CCCO)C1CC1C. The lowest BCUT2D eigenvalue weighted by atomic mass is 10.3. The molecule has 11 heavy (non-hydrogen) atoms. The molecule has 2 atom stereocenters. The summed E-state index contributed by atoms with van der Waals surface area (Å²) >= 11 is 0. The first kappa shape index (κ1) is 9.01. The van der Waals surface area contributed by atoms with Gasteiger partial charge < -0.3 is 10.0 Å². The van der Waals surface area contributed by atoms with E-state index in [1.54, 1.807) is 0 Å². The maximum absolute atomic E-state index is 8.65. The molecule has 2 unspecified atom stereocenters. The summed E-state index contributed by atoms with van der Waals surface area (Å²) in [4.78, 5) is 2.47. The molecule has 0 aromatic carbocycles. The zero-order chi connectivity index (χ0) is 8.27. The zero-order valence-corrected chi connectivity index (χ0v) is 7.58. The van der Waals surface area contributed by atoms with Crippen molar-refractivity contribution in [2.75, 3.05) is 19.7 Å². The van der Waals surface area contributed by atoms with E-state index in [0.29, 0.717) is 6.61 Å². The summed E-state index contributed by atoms with van der Waals surface area (Å²) in [6.45, 7) is 7.03. The minimum atomic E-state index is 0.331. The summed E-state index contributed by atoms with van der Waals surface area (Å²) in [5, 5.41) is 8.65. The average molecular weight is 157 g/mol. The lowest BCUT2D eigenvalue weighted by Gasteiger charge is -2.19. The Morgan fingerprint density at radius 2 is 2.18 bits per heavy atom. The molecule has 1 saturated carbocycles. The van der Waals surface area contributed by atoms with Crippen LogP contribution in [0.4, 0.5) is 0 Å². The van der Waals surface area contributed by atoms with Crippen molar-refractivity contribution in [2.24, 2.45) is 5.92 Å². The molecule has 1 aliphatic carbocycles. The maximum atomic E-state index is 8.65. The first-order valence-corrected chi connectivity index (χ1v) is 4.64. The Morgan fingerprint density at radius 3 is 2.55 bits per heavy atom. The number of aliphatic hydroxyl groups is 1. The van der Waals surface area contributed by atoms with Crippen molar-refractivity contribution in [2.45, 2.75) is 32.7 Å². The third kappa shape index (κ3) is 2.46. The Bertz CT molecular complexity index is 116. The summed E-state index contributed by atoms with van der Waals surface area (Å²) in [6.07, 6.45) is 2.29. The largest absolute Gasteiger partial charge is 0.396 e. The van der Waals surface area contributed by atoms with Crippen LogP contribution in [-0.4, -0.2) is 35.7 Å². The van der Waals surface area contributed by atoms with Crippen molar-refractivity contribution >= 4 is 0 Å². The van der Waals surface area contributed by atoms with Gasteiger partial charge in [-0.1, -0.05) is 13.8 Å². The normalized spacial score (nSPS) is 29.5.